The SMILES string of the molecule is CCC(CC)CN1C[C@]23C=C[C@H](O2)[C@@H](C(=O)N(C)Cc2ccoc2)[C@H]3C1=O. The fraction of sp³-hybridized carbons (Fsp3) is 0.619. The van der Waals surface area contributed by atoms with Gasteiger partial charge in [-0.05, 0) is 12.0 Å². The van der Waals surface area contributed by atoms with E-state index in [1.54, 1.807) is 24.5 Å². The Hall–Kier alpha value is -2.08. The topological polar surface area (TPSA) is 63.0 Å². The van der Waals surface area contributed by atoms with Gasteiger partial charge in [-0.15, -0.1) is 0 Å². The first-order chi connectivity index (χ1) is 13.0. The number of carbonyl (C=O) groups is 2. The predicted molar refractivity (Wildman–Crippen MR) is 99.6 cm³/mol. The van der Waals surface area contributed by atoms with E-state index in [9.17, 15) is 9.59 Å². The monoisotopic (exact) mass is 372 g/mol. The molecule has 0 radical (unpaired) electrons. The summed E-state index contributed by atoms with van der Waals surface area (Å²) in [5, 5.41) is 0. The summed E-state index contributed by atoms with van der Waals surface area (Å²) in [6.45, 7) is 6.10. The number of likely N-dealkylation sites (tertiary alicyclic amines) is 1. The molecule has 4 atom stereocenters. The normalized spacial score (nSPS) is 31.2. The van der Waals surface area contributed by atoms with Crippen LogP contribution in [0.3, 0.4) is 0 Å². The highest BCUT2D eigenvalue weighted by atomic mass is 16.5. The number of ether oxygens (including phenoxy) is 1. The molecule has 6 heteroatoms. The summed E-state index contributed by atoms with van der Waals surface area (Å²) in [5.41, 5.74) is 0.318. The summed E-state index contributed by atoms with van der Waals surface area (Å²) in [7, 11) is 1.78. The van der Waals surface area contributed by atoms with Crippen molar-refractivity contribution in [3.8, 4) is 0 Å². The first-order valence-electron chi connectivity index (χ1n) is 9.91. The number of carbonyl (C=O) groups excluding carboxylic acids is 2. The van der Waals surface area contributed by atoms with Crippen molar-refractivity contribution in [2.75, 3.05) is 20.1 Å². The van der Waals surface area contributed by atoms with E-state index in [4.69, 9.17) is 9.15 Å². The summed E-state index contributed by atoms with van der Waals surface area (Å²) >= 11 is 0. The fourth-order valence-electron chi connectivity index (χ4n) is 4.86. The Balaban J connectivity index is 1.53. The Kier molecular flexibility index (Phi) is 4.62. The maximum atomic E-state index is 13.2. The molecule has 0 aliphatic carbocycles. The van der Waals surface area contributed by atoms with Crippen LogP contribution in [0.2, 0.25) is 0 Å². The van der Waals surface area contributed by atoms with Gasteiger partial charge in [-0.1, -0.05) is 38.8 Å². The summed E-state index contributed by atoms with van der Waals surface area (Å²) in [4.78, 5) is 30.0. The van der Waals surface area contributed by atoms with Crippen molar-refractivity contribution in [3.63, 3.8) is 0 Å². The predicted octanol–water partition coefficient (Wildman–Crippen LogP) is 2.46. The van der Waals surface area contributed by atoms with Gasteiger partial charge in [-0.2, -0.15) is 0 Å². The fourth-order valence-corrected chi connectivity index (χ4v) is 4.86. The van der Waals surface area contributed by atoms with E-state index in [1.165, 1.54) is 0 Å². The molecule has 0 aromatic carbocycles. The van der Waals surface area contributed by atoms with E-state index in [-0.39, 0.29) is 17.9 Å². The lowest BCUT2D eigenvalue weighted by molar-refractivity contribution is -0.142. The molecule has 2 bridgehead atoms. The summed E-state index contributed by atoms with van der Waals surface area (Å²) in [6.07, 6.45) is 9.03. The number of nitrogens with zero attached hydrogens (tertiary/aromatic N) is 2. The Morgan fingerprint density at radius 2 is 2.19 bits per heavy atom. The molecule has 4 heterocycles. The van der Waals surface area contributed by atoms with Crippen LogP contribution in [0.5, 0.6) is 0 Å². The second-order valence-electron chi connectivity index (χ2n) is 8.13. The van der Waals surface area contributed by atoms with Crippen molar-refractivity contribution in [1.82, 2.24) is 9.80 Å². The molecule has 6 nitrogen and oxygen atoms in total. The molecule has 1 spiro atoms. The molecule has 0 N–H and O–H groups in total. The molecular formula is C21H28N2O4. The van der Waals surface area contributed by atoms with Crippen LogP contribution in [-0.2, 0) is 20.9 Å². The van der Waals surface area contributed by atoms with Gasteiger partial charge in [0, 0.05) is 25.7 Å². The number of furan rings is 1. The molecule has 4 rings (SSSR count). The van der Waals surface area contributed by atoms with Crippen LogP contribution in [0.1, 0.15) is 32.3 Å². The third-order valence-electron chi connectivity index (χ3n) is 6.47. The molecule has 1 aromatic rings. The molecule has 1 aromatic heterocycles. The maximum absolute atomic E-state index is 13.2. The summed E-state index contributed by atoms with van der Waals surface area (Å²) < 4.78 is 11.3. The smallest absolute Gasteiger partial charge is 0.230 e. The van der Waals surface area contributed by atoms with Gasteiger partial charge < -0.3 is 19.0 Å². The lowest BCUT2D eigenvalue weighted by Gasteiger charge is -2.28. The highest BCUT2D eigenvalue weighted by molar-refractivity contribution is 5.93. The Morgan fingerprint density at radius 3 is 2.85 bits per heavy atom. The third kappa shape index (κ3) is 2.90. The first-order valence-corrected chi connectivity index (χ1v) is 9.91. The van der Waals surface area contributed by atoms with Crippen molar-refractivity contribution in [2.45, 2.75) is 44.9 Å². The second-order valence-corrected chi connectivity index (χ2v) is 8.13. The molecule has 27 heavy (non-hydrogen) atoms. The molecular weight excluding hydrogens is 344 g/mol. The van der Waals surface area contributed by atoms with E-state index >= 15 is 0 Å². The van der Waals surface area contributed by atoms with E-state index in [0.717, 1.165) is 24.9 Å². The van der Waals surface area contributed by atoms with E-state index in [1.807, 2.05) is 23.1 Å². The highest BCUT2D eigenvalue weighted by Gasteiger charge is 2.67. The molecule has 2 fully saturated rings. The number of amides is 2. The van der Waals surface area contributed by atoms with Crippen LogP contribution >= 0.6 is 0 Å². The van der Waals surface area contributed by atoms with Gasteiger partial charge in [-0.3, -0.25) is 9.59 Å². The Labute approximate surface area is 160 Å². The zero-order valence-electron chi connectivity index (χ0n) is 16.3. The van der Waals surface area contributed by atoms with Crippen molar-refractivity contribution >= 4 is 11.8 Å². The average Bonchev–Trinajstić information content (AvgIpc) is 3.42. The number of hydrogen-bond acceptors (Lipinski definition) is 4. The lowest BCUT2D eigenvalue weighted by atomic mass is 9.76. The van der Waals surface area contributed by atoms with Gasteiger partial charge in [0.15, 0.2) is 0 Å². The maximum Gasteiger partial charge on any atom is 0.230 e. The van der Waals surface area contributed by atoms with Gasteiger partial charge in [0.05, 0.1) is 37.0 Å². The van der Waals surface area contributed by atoms with Crippen LogP contribution < -0.4 is 0 Å². The van der Waals surface area contributed by atoms with Crippen LogP contribution in [0.4, 0.5) is 0 Å². The quantitative estimate of drug-likeness (QED) is 0.690. The minimum atomic E-state index is -0.620. The van der Waals surface area contributed by atoms with E-state index in [2.05, 4.69) is 13.8 Å². The molecule has 2 amide bonds. The van der Waals surface area contributed by atoms with Crippen molar-refractivity contribution < 1.29 is 18.7 Å². The van der Waals surface area contributed by atoms with E-state index < -0.39 is 17.4 Å². The first kappa shape index (κ1) is 18.3. The molecule has 2 saturated heterocycles. The summed E-state index contributed by atoms with van der Waals surface area (Å²) in [5.74, 6) is -0.311. The minimum absolute atomic E-state index is 0.0323. The molecule has 146 valence electrons. The Bertz CT molecular complexity index is 739. The van der Waals surface area contributed by atoms with Gasteiger partial charge in [0.2, 0.25) is 11.8 Å². The van der Waals surface area contributed by atoms with Crippen LogP contribution in [0, 0.1) is 17.8 Å². The highest BCUT2D eigenvalue weighted by Crippen LogP contribution is 2.52. The molecule has 3 aliphatic rings. The van der Waals surface area contributed by atoms with E-state index in [0.29, 0.717) is 19.0 Å². The van der Waals surface area contributed by atoms with Gasteiger partial charge in [-0.25, -0.2) is 0 Å². The standard InChI is InChI=1S/C21H28N2O4/c1-4-14(5-2)11-23-13-21-8-6-16(27-21)17(18(21)20(23)25)19(24)22(3)10-15-7-9-26-12-15/h6-9,12,14,16-18H,4-5,10-11,13H2,1-3H3/t16-,17+,18-,21-/m0/s1. The van der Waals surface area contributed by atoms with Crippen LogP contribution in [0.15, 0.2) is 35.2 Å². The van der Waals surface area contributed by atoms with Crippen LogP contribution in [0.25, 0.3) is 0 Å². The number of hydrogen-bond donors (Lipinski definition) is 0. The number of fused-ring (bicyclic) bond motifs is 1. The molecule has 0 saturated carbocycles. The van der Waals surface area contributed by atoms with Gasteiger partial charge in [0.25, 0.3) is 0 Å². The second kappa shape index (κ2) is 6.82. The summed E-state index contributed by atoms with van der Waals surface area (Å²) in [6, 6.07) is 1.85. The zero-order chi connectivity index (χ0) is 19.2. The van der Waals surface area contributed by atoms with Gasteiger partial charge >= 0.3 is 0 Å². The van der Waals surface area contributed by atoms with Crippen molar-refractivity contribution in [3.05, 3.63) is 36.3 Å². The zero-order valence-corrected chi connectivity index (χ0v) is 16.3. The van der Waals surface area contributed by atoms with Crippen molar-refractivity contribution in [2.24, 2.45) is 17.8 Å². The van der Waals surface area contributed by atoms with Crippen LogP contribution in [-0.4, -0.2) is 53.5 Å². The number of rotatable bonds is 7. The van der Waals surface area contributed by atoms with Crippen molar-refractivity contribution in [1.29, 1.82) is 0 Å². The molecule has 0 unspecified atom stereocenters. The third-order valence-corrected chi connectivity index (χ3v) is 6.47. The minimum Gasteiger partial charge on any atom is -0.472 e. The molecule has 3 aliphatic heterocycles. The van der Waals surface area contributed by atoms with Gasteiger partial charge in [0.1, 0.15) is 5.60 Å². The lowest BCUT2D eigenvalue weighted by Crippen LogP contribution is -2.44. The Morgan fingerprint density at radius 1 is 1.41 bits per heavy atom. The largest absolute Gasteiger partial charge is 0.472 e. The average molecular weight is 372 g/mol.